The molecule has 0 amide bonds. The van der Waals surface area contributed by atoms with Gasteiger partial charge in [-0.2, -0.15) is 5.10 Å². The van der Waals surface area contributed by atoms with Gasteiger partial charge < -0.3 is 14.6 Å². The predicted molar refractivity (Wildman–Crippen MR) is 71.7 cm³/mol. The van der Waals surface area contributed by atoms with Crippen LogP contribution in [0.2, 0.25) is 0 Å². The van der Waals surface area contributed by atoms with Crippen LogP contribution in [-0.4, -0.2) is 37.4 Å². The SMILES string of the molecule is Cc1nnc(N2CCn3ccnc3C2)c(C(=O)O)c1C. The van der Waals surface area contributed by atoms with E-state index < -0.39 is 5.97 Å². The number of aromatic carboxylic acids is 1. The number of anilines is 1. The monoisotopic (exact) mass is 273 g/mol. The summed E-state index contributed by atoms with van der Waals surface area (Å²) in [5.74, 6) is 0.367. The number of imidazole rings is 1. The Balaban J connectivity index is 2.03. The lowest BCUT2D eigenvalue weighted by Gasteiger charge is -2.29. The van der Waals surface area contributed by atoms with Gasteiger partial charge in [0, 0.05) is 25.5 Å². The molecule has 1 aliphatic heterocycles. The van der Waals surface area contributed by atoms with E-state index in [1.54, 1.807) is 20.0 Å². The van der Waals surface area contributed by atoms with E-state index in [9.17, 15) is 9.90 Å². The summed E-state index contributed by atoms with van der Waals surface area (Å²) in [5, 5.41) is 17.6. The fourth-order valence-corrected chi connectivity index (χ4v) is 2.43. The Hall–Kier alpha value is -2.44. The third kappa shape index (κ3) is 1.91. The van der Waals surface area contributed by atoms with Crippen LogP contribution in [0.4, 0.5) is 5.82 Å². The topological polar surface area (TPSA) is 84.1 Å². The molecule has 20 heavy (non-hydrogen) atoms. The van der Waals surface area contributed by atoms with E-state index in [0.717, 1.165) is 12.4 Å². The number of nitrogens with zero attached hydrogens (tertiary/aromatic N) is 5. The van der Waals surface area contributed by atoms with E-state index >= 15 is 0 Å². The van der Waals surface area contributed by atoms with Crippen LogP contribution in [0.1, 0.15) is 27.4 Å². The summed E-state index contributed by atoms with van der Waals surface area (Å²) in [5.41, 5.74) is 1.54. The van der Waals surface area contributed by atoms with Crippen molar-refractivity contribution in [2.75, 3.05) is 11.4 Å². The van der Waals surface area contributed by atoms with Crippen molar-refractivity contribution < 1.29 is 9.90 Å². The van der Waals surface area contributed by atoms with E-state index in [2.05, 4.69) is 19.7 Å². The number of carboxylic acids is 1. The van der Waals surface area contributed by atoms with Crippen LogP contribution < -0.4 is 4.90 Å². The first kappa shape index (κ1) is 12.6. The van der Waals surface area contributed by atoms with Gasteiger partial charge in [-0.25, -0.2) is 9.78 Å². The number of aromatic nitrogens is 4. The number of carbonyl (C=O) groups is 1. The summed E-state index contributed by atoms with van der Waals surface area (Å²) in [6.07, 6.45) is 3.68. The second-order valence-electron chi connectivity index (χ2n) is 4.87. The number of rotatable bonds is 2. The van der Waals surface area contributed by atoms with Crippen LogP contribution >= 0.6 is 0 Å². The van der Waals surface area contributed by atoms with Gasteiger partial charge in [0.1, 0.15) is 11.4 Å². The highest BCUT2D eigenvalue weighted by atomic mass is 16.4. The van der Waals surface area contributed by atoms with Crippen molar-refractivity contribution >= 4 is 11.8 Å². The molecule has 7 nitrogen and oxygen atoms in total. The van der Waals surface area contributed by atoms with Gasteiger partial charge in [-0.3, -0.25) is 0 Å². The van der Waals surface area contributed by atoms with E-state index in [1.807, 2.05) is 11.1 Å². The minimum atomic E-state index is -0.968. The fraction of sp³-hybridized carbons (Fsp3) is 0.385. The van der Waals surface area contributed by atoms with Crippen LogP contribution in [0, 0.1) is 13.8 Å². The average molecular weight is 273 g/mol. The highest BCUT2D eigenvalue weighted by Crippen LogP contribution is 2.25. The summed E-state index contributed by atoms with van der Waals surface area (Å²) in [6, 6.07) is 0. The van der Waals surface area contributed by atoms with Gasteiger partial charge in [-0.15, -0.1) is 5.10 Å². The van der Waals surface area contributed by atoms with Crippen molar-refractivity contribution in [2.45, 2.75) is 26.9 Å². The molecule has 0 aromatic carbocycles. The molecule has 3 heterocycles. The number of aryl methyl sites for hydroxylation is 1. The maximum absolute atomic E-state index is 11.5. The van der Waals surface area contributed by atoms with Crippen LogP contribution in [0.25, 0.3) is 0 Å². The van der Waals surface area contributed by atoms with Crippen molar-refractivity contribution in [1.29, 1.82) is 0 Å². The molecule has 0 bridgehead atoms. The van der Waals surface area contributed by atoms with Gasteiger partial charge in [0.15, 0.2) is 5.82 Å². The molecule has 7 heteroatoms. The van der Waals surface area contributed by atoms with Gasteiger partial charge in [0.2, 0.25) is 0 Å². The molecule has 0 saturated carbocycles. The van der Waals surface area contributed by atoms with Gasteiger partial charge in [0.25, 0.3) is 0 Å². The Kier molecular flexibility index (Phi) is 2.89. The first-order chi connectivity index (χ1) is 9.58. The largest absolute Gasteiger partial charge is 0.478 e. The van der Waals surface area contributed by atoms with Gasteiger partial charge in [-0.05, 0) is 19.4 Å². The fourth-order valence-electron chi connectivity index (χ4n) is 2.43. The Labute approximate surface area is 115 Å². The Morgan fingerprint density at radius 3 is 2.85 bits per heavy atom. The Morgan fingerprint density at radius 1 is 1.30 bits per heavy atom. The minimum Gasteiger partial charge on any atom is -0.478 e. The van der Waals surface area contributed by atoms with Crippen molar-refractivity contribution in [3.63, 3.8) is 0 Å². The van der Waals surface area contributed by atoms with Crippen molar-refractivity contribution in [2.24, 2.45) is 0 Å². The summed E-state index contributed by atoms with van der Waals surface area (Å²) in [6.45, 7) is 5.54. The molecule has 104 valence electrons. The van der Waals surface area contributed by atoms with Crippen molar-refractivity contribution in [3.8, 4) is 0 Å². The molecule has 0 fully saturated rings. The Morgan fingerprint density at radius 2 is 2.10 bits per heavy atom. The van der Waals surface area contributed by atoms with Crippen LogP contribution in [0.15, 0.2) is 12.4 Å². The lowest BCUT2D eigenvalue weighted by Crippen LogP contribution is -2.35. The summed E-state index contributed by atoms with van der Waals surface area (Å²) < 4.78 is 2.06. The standard InChI is InChI=1S/C13H15N5O2/c1-8-9(2)15-16-12(11(8)13(19)20)18-6-5-17-4-3-14-10(17)7-18/h3-4H,5-7H2,1-2H3,(H,19,20). The molecule has 0 saturated heterocycles. The lowest BCUT2D eigenvalue weighted by molar-refractivity contribution is 0.0696. The minimum absolute atomic E-state index is 0.234. The summed E-state index contributed by atoms with van der Waals surface area (Å²) in [7, 11) is 0. The third-order valence-electron chi connectivity index (χ3n) is 3.69. The molecule has 0 unspecified atom stereocenters. The zero-order valence-corrected chi connectivity index (χ0v) is 11.4. The molecule has 0 atom stereocenters. The lowest BCUT2D eigenvalue weighted by atomic mass is 10.1. The maximum Gasteiger partial charge on any atom is 0.339 e. The molecule has 3 rings (SSSR count). The zero-order valence-electron chi connectivity index (χ0n) is 11.4. The number of hydrogen-bond donors (Lipinski definition) is 1. The molecule has 0 spiro atoms. The van der Waals surface area contributed by atoms with Crippen LogP contribution in [0.5, 0.6) is 0 Å². The number of fused-ring (bicyclic) bond motifs is 1. The van der Waals surface area contributed by atoms with E-state index in [0.29, 0.717) is 30.2 Å². The number of hydrogen-bond acceptors (Lipinski definition) is 5. The molecule has 2 aromatic rings. The molecular weight excluding hydrogens is 258 g/mol. The van der Waals surface area contributed by atoms with Crippen molar-refractivity contribution in [1.82, 2.24) is 19.7 Å². The summed E-state index contributed by atoms with van der Waals surface area (Å²) >= 11 is 0. The van der Waals surface area contributed by atoms with Crippen molar-refractivity contribution in [3.05, 3.63) is 35.0 Å². The second-order valence-corrected chi connectivity index (χ2v) is 4.87. The van der Waals surface area contributed by atoms with Gasteiger partial charge in [-0.1, -0.05) is 0 Å². The van der Waals surface area contributed by atoms with Gasteiger partial charge in [0.05, 0.1) is 12.2 Å². The average Bonchev–Trinajstić information content (AvgIpc) is 2.88. The van der Waals surface area contributed by atoms with Crippen LogP contribution in [0.3, 0.4) is 0 Å². The van der Waals surface area contributed by atoms with E-state index in [1.165, 1.54) is 0 Å². The summed E-state index contributed by atoms with van der Waals surface area (Å²) in [4.78, 5) is 17.7. The maximum atomic E-state index is 11.5. The molecule has 0 aliphatic carbocycles. The highest BCUT2D eigenvalue weighted by molar-refractivity contribution is 5.95. The van der Waals surface area contributed by atoms with Gasteiger partial charge >= 0.3 is 5.97 Å². The molecule has 1 aliphatic rings. The van der Waals surface area contributed by atoms with E-state index in [-0.39, 0.29) is 5.56 Å². The quantitative estimate of drug-likeness (QED) is 0.879. The first-order valence-electron chi connectivity index (χ1n) is 6.40. The molecule has 2 aromatic heterocycles. The predicted octanol–water partition coefficient (Wildman–Crippen LogP) is 1.01. The normalized spacial score (nSPS) is 14.2. The van der Waals surface area contributed by atoms with Crippen LogP contribution in [-0.2, 0) is 13.1 Å². The zero-order chi connectivity index (χ0) is 14.3. The molecular formula is C13H15N5O2. The Bertz CT molecular complexity index is 679. The first-order valence-corrected chi connectivity index (χ1v) is 6.40. The van der Waals surface area contributed by atoms with E-state index in [4.69, 9.17) is 0 Å². The number of carboxylic acid groups (broad SMARTS) is 1. The molecule has 0 radical (unpaired) electrons. The third-order valence-corrected chi connectivity index (χ3v) is 3.69. The second kappa shape index (κ2) is 4.59. The highest BCUT2D eigenvalue weighted by Gasteiger charge is 2.25. The smallest absolute Gasteiger partial charge is 0.339 e. The molecule has 1 N–H and O–H groups in total.